The van der Waals surface area contributed by atoms with Gasteiger partial charge in [-0.15, -0.1) is 6.42 Å². The van der Waals surface area contributed by atoms with E-state index >= 15 is 0 Å². The molecule has 1 fully saturated rings. The van der Waals surface area contributed by atoms with Crippen LogP contribution in [-0.2, 0) is 11.3 Å². The highest BCUT2D eigenvalue weighted by molar-refractivity contribution is 5.42. The Bertz CT molecular complexity index is 450. The SMILES string of the molecule is C#CCn1c(C(C)C)nc(C2CCOCC2)c1N. The van der Waals surface area contributed by atoms with Gasteiger partial charge in [0.25, 0.3) is 0 Å². The molecular formula is C14H21N3O. The molecule has 0 atom stereocenters. The molecular weight excluding hydrogens is 226 g/mol. The lowest BCUT2D eigenvalue weighted by Crippen LogP contribution is -2.16. The van der Waals surface area contributed by atoms with Gasteiger partial charge in [0.15, 0.2) is 0 Å². The number of terminal acetylenes is 1. The lowest BCUT2D eigenvalue weighted by atomic mass is 9.96. The molecule has 4 heteroatoms. The van der Waals surface area contributed by atoms with E-state index in [1.54, 1.807) is 0 Å². The predicted molar refractivity (Wildman–Crippen MR) is 72.4 cm³/mol. The first kappa shape index (κ1) is 13.0. The first-order chi connectivity index (χ1) is 8.65. The van der Waals surface area contributed by atoms with Gasteiger partial charge in [0.1, 0.15) is 11.6 Å². The summed E-state index contributed by atoms with van der Waals surface area (Å²) in [5, 5.41) is 0. The third-order valence-electron chi connectivity index (χ3n) is 3.44. The molecule has 1 aliphatic heterocycles. The fourth-order valence-electron chi connectivity index (χ4n) is 2.47. The van der Waals surface area contributed by atoms with Crippen molar-refractivity contribution in [3.63, 3.8) is 0 Å². The summed E-state index contributed by atoms with van der Waals surface area (Å²) in [4.78, 5) is 4.74. The van der Waals surface area contributed by atoms with Gasteiger partial charge in [-0.1, -0.05) is 19.8 Å². The molecule has 1 aliphatic rings. The molecule has 4 nitrogen and oxygen atoms in total. The Morgan fingerprint density at radius 3 is 2.72 bits per heavy atom. The first-order valence-electron chi connectivity index (χ1n) is 6.52. The number of hydrogen-bond donors (Lipinski definition) is 1. The van der Waals surface area contributed by atoms with E-state index in [2.05, 4.69) is 19.8 Å². The second kappa shape index (κ2) is 5.45. The molecule has 0 bridgehead atoms. The molecule has 18 heavy (non-hydrogen) atoms. The molecule has 0 radical (unpaired) electrons. The maximum atomic E-state index is 6.22. The van der Waals surface area contributed by atoms with E-state index in [9.17, 15) is 0 Å². The summed E-state index contributed by atoms with van der Waals surface area (Å²) in [5.41, 5.74) is 7.23. The molecule has 0 aliphatic carbocycles. The second-order valence-electron chi connectivity index (χ2n) is 5.07. The van der Waals surface area contributed by atoms with Crippen molar-refractivity contribution in [1.29, 1.82) is 0 Å². The summed E-state index contributed by atoms with van der Waals surface area (Å²) in [5.74, 6) is 5.13. The number of rotatable bonds is 3. The van der Waals surface area contributed by atoms with Gasteiger partial charge in [-0.2, -0.15) is 0 Å². The van der Waals surface area contributed by atoms with Crippen molar-refractivity contribution in [3.8, 4) is 12.3 Å². The minimum atomic E-state index is 0.328. The highest BCUT2D eigenvalue weighted by Gasteiger charge is 2.24. The highest BCUT2D eigenvalue weighted by Crippen LogP contribution is 2.32. The second-order valence-corrected chi connectivity index (χ2v) is 5.07. The number of imidazole rings is 1. The first-order valence-corrected chi connectivity index (χ1v) is 6.52. The maximum Gasteiger partial charge on any atom is 0.127 e. The zero-order valence-corrected chi connectivity index (χ0v) is 11.1. The normalized spacial score (nSPS) is 17.0. The van der Waals surface area contributed by atoms with Crippen LogP contribution >= 0.6 is 0 Å². The molecule has 2 rings (SSSR count). The summed E-state index contributed by atoms with van der Waals surface area (Å²) >= 11 is 0. The van der Waals surface area contributed by atoms with Gasteiger partial charge in [-0.25, -0.2) is 4.98 Å². The number of ether oxygens (including phenoxy) is 1. The topological polar surface area (TPSA) is 53.1 Å². The average molecular weight is 247 g/mol. The molecule has 2 heterocycles. The van der Waals surface area contributed by atoms with Crippen molar-refractivity contribution < 1.29 is 4.74 Å². The van der Waals surface area contributed by atoms with Gasteiger partial charge in [0.05, 0.1) is 12.2 Å². The van der Waals surface area contributed by atoms with Crippen LogP contribution < -0.4 is 5.73 Å². The minimum absolute atomic E-state index is 0.328. The zero-order valence-electron chi connectivity index (χ0n) is 11.1. The monoisotopic (exact) mass is 247 g/mol. The summed E-state index contributed by atoms with van der Waals surface area (Å²) in [6, 6.07) is 0. The van der Waals surface area contributed by atoms with Crippen molar-refractivity contribution >= 4 is 5.82 Å². The van der Waals surface area contributed by atoms with E-state index in [4.69, 9.17) is 21.9 Å². The van der Waals surface area contributed by atoms with E-state index in [0.29, 0.717) is 18.4 Å². The smallest absolute Gasteiger partial charge is 0.127 e. The summed E-state index contributed by atoms with van der Waals surface area (Å²) in [6.45, 7) is 6.31. The van der Waals surface area contributed by atoms with Crippen molar-refractivity contribution in [3.05, 3.63) is 11.5 Å². The number of nitrogens with two attached hydrogens (primary N) is 1. The van der Waals surface area contributed by atoms with E-state index in [1.165, 1.54) is 0 Å². The fourth-order valence-corrected chi connectivity index (χ4v) is 2.47. The Balaban J connectivity index is 2.36. The minimum Gasteiger partial charge on any atom is -0.384 e. The number of nitrogens with zero attached hydrogens (tertiary/aromatic N) is 2. The third kappa shape index (κ3) is 2.37. The van der Waals surface area contributed by atoms with Crippen molar-refractivity contribution in [2.24, 2.45) is 0 Å². The summed E-state index contributed by atoms with van der Waals surface area (Å²) < 4.78 is 7.35. The van der Waals surface area contributed by atoms with Crippen LogP contribution in [-0.4, -0.2) is 22.8 Å². The van der Waals surface area contributed by atoms with E-state index in [-0.39, 0.29) is 0 Å². The van der Waals surface area contributed by atoms with Crippen LogP contribution in [0.1, 0.15) is 50.0 Å². The van der Waals surface area contributed by atoms with E-state index < -0.39 is 0 Å². The quantitative estimate of drug-likeness (QED) is 0.832. The molecule has 1 saturated heterocycles. The summed E-state index contributed by atoms with van der Waals surface area (Å²) in [6.07, 6.45) is 7.40. The molecule has 0 amide bonds. The van der Waals surface area contributed by atoms with Crippen LogP contribution in [0.4, 0.5) is 5.82 Å². The molecule has 1 aromatic rings. The molecule has 0 spiro atoms. The lowest BCUT2D eigenvalue weighted by molar-refractivity contribution is 0.0847. The van der Waals surface area contributed by atoms with Gasteiger partial charge in [-0.05, 0) is 12.8 Å². The largest absolute Gasteiger partial charge is 0.384 e. The van der Waals surface area contributed by atoms with Crippen molar-refractivity contribution in [2.45, 2.75) is 45.1 Å². The van der Waals surface area contributed by atoms with Crippen LogP contribution in [0.3, 0.4) is 0 Å². The van der Waals surface area contributed by atoms with Gasteiger partial charge in [-0.3, -0.25) is 0 Å². The molecule has 98 valence electrons. The van der Waals surface area contributed by atoms with Crippen LogP contribution in [0, 0.1) is 12.3 Å². The van der Waals surface area contributed by atoms with Crippen LogP contribution in [0.15, 0.2) is 0 Å². The van der Waals surface area contributed by atoms with Gasteiger partial charge < -0.3 is 15.0 Å². The average Bonchev–Trinajstić information content (AvgIpc) is 2.69. The van der Waals surface area contributed by atoms with Gasteiger partial charge >= 0.3 is 0 Å². The van der Waals surface area contributed by atoms with Gasteiger partial charge in [0.2, 0.25) is 0 Å². The molecule has 2 N–H and O–H groups in total. The van der Waals surface area contributed by atoms with Crippen LogP contribution in [0.5, 0.6) is 0 Å². The molecule has 0 unspecified atom stereocenters. The Morgan fingerprint density at radius 1 is 1.50 bits per heavy atom. The maximum absolute atomic E-state index is 6.22. The van der Waals surface area contributed by atoms with Crippen molar-refractivity contribution in [2.75, 3.05) is 18.9 Å². The Labute approximate surface area is 109 Å². The van der Waals surface area contributed by atoms with Crippen molar-refractivity contribution in [1.82, 2.24) is 9.55 Å². The van der Waals surface area contributed by atoms with E-state index in [0.717, 1.165) is 43.4 Å². The number of anilines is 1. The predicted octanol–water partition coefficient (Wildman–Crippen LogP) is 2.12. The number of aromatic nitrogens is 2. The molecule has 0 aromatic carbocycles. The number of nitrogen functional groups attached to an aromatic ring is 1. The van der Waals surface area contributed by atoms with Crippen LogP contribution in [0.2, 0.25) is 0 Å². The fraction of sp³-hybridized carbons (Fsp3) is 0.643. The van der Waals surface area contributed by atoms with E-state index in [1.807, 2.05) is 4.57 Å². The third-order valence-corrected chi connectivity index (χ3v) is 3.44. The lowest BCUT2D eigenvalue weighted by Gasteiger charge is -2.20. The number of hydrogen-bond acceptors (Lipinski definition) is 3. The van der Waals surface area contributed by atoms with Gasteiger partial charge in [0, 0.05) is 25.0 Å². The standard InChI is InChI=1S/C14H21N3O/c1-4-7-17-13(15)12(16-14(17)10(2)3)11-5-8-18-9-6-11/h1,10-11H,5-9,15H2,2-3H3. The zero-order chi connectivity index (χ0) is 13.1. The Kier molecular flexibility index (Phi) is 3.93. The highest BCUT2D eigenvalue weighted by atomic mass is 16.5. The Morgan fingerprint density at radius 2 is 2.17 bits per heavy atom. The Hall–Kier alpha value is -1.47. The molecule has 1 aromatic heterocycles. The molecule has 0 saturated carbocycles. The van der Waals surface area contributed by atoms with Crippen LogP contribution in [0.25, 0.3) is 0 Å². The summed E-state index contributed by atoms with van der Waals surface area (Å²) in [7, 11) is 0.